The van der Waals surface area contributed by atoms with Crippen molar-refractivity contribution in [2.24, 2.45) is 11.8 Å². The van der Waals surface area contributed by atoms with Crippen molar-refractivity contribution in [2.75, 3.05) is 0 Å². The minimum atomic E-state index is 0. The maximum Gasteiger partial charge on any atom is 2.00 e. The topological polar surface area (TPSA) is 51.6 Å². The first kappa shape index (κ1) is 60.4. The molecule has 8 rings (SSSR count). The molecule has 0 spiro atoms. The van der Waals surface area contributed by atoms with Gasteiger partial charge in [0.25, 0.3) is 0 Å². The Hall–Kier alpha value is -2.28. The first-order chi connectivity index (χ1) is 23.4. The van der Waals surface area contributed by atoms with Crippen molar-refractivity contribution in [3.63, 3.8) is 0 Å². The molecular weight excluding hydrogens is 768 g/mol. The van der Waals surface area contributed by atoms with Crippen molar-refractivity contribution >= 4 is 22.1 Å². The van der Waals surface area contributed by atoms with Gasteiger partial charge in [-0.3, -0.25) is 0 Å². The number of rotatable bonds is 3. The Balaban J connectivity index is -0.000000346. The molecule has 0 aliphatic heterocycles. The molecule has 316 valence electrons. The summed E-state index contributed by atoms with van der Waals surface area (Å²) in [5, 5.41) is 0. The number of hydrogen-bond acceptors (Lipinski definition) is 4. The number of fused-ring (bicyclic) bond motifs is 2. The Kier molecular flexibility index (Phi) is 35.2. The van der Waals surface area contributed by atoms with Crippen LogP contribution in [0.4, 0.5) is 0 Å². The van der Waals surface area contributed by atoms with E-state index in [1.165, 1.54) is 134 Å². The molecule has 4 aromatic rings. The molecule has 0 unspecified atom stereocenters. The zero-order valence-electron chi connectivity index (χ0n) is 35.3. The Morgan fingerprint density at radius 2 is 0.857 bits per heavy atom. The van der Waals surface area contributed by atoms with Gasteiger partial charge in [-0.05, 0) is 95.2 Å². The predicted molar refractivity (Wildman–Crippen MR) is 242 cm³/mol. The average molecular weight is 849 g/mol. The van der Waals surface area contributed by atoms with Crippen LogP contribution < -0.4 is 0 Å². The smallest absolute Gasteiger partial charge is 0.358 e. The molecule has 4 saturated carbocycles. The molecule has 0 atom stereocenters. The second kappa shape index (κ2) is 32.7. The Labute approximate surface area is 368 Å². The molecule has 2 heterocycles. The molecule has 0 N–H and O–H groups in total. The van der Waals surface area contributed by atoms with Crippen molar-refractivity contribution < 1.29 is 34.1 Å². The second-order valence-corrected chi connectivity index (χ2v) is 14.8. The summed E-state index contributed by atoms with van der Waals surface area (Å²) in [6.45, 7) is 8.05. The quantitative estimate of drug-likeness (QED) is 0.117. The number of hydrogen-bond donors (Lipinski definition) is 0. The van der Waals surface area contributed by atoms with Gasteiger partial charge in [-0.15, -0.1) is 0 Å². The molecule has 0 saturated heterocycles. The van der Waals surface area contributed by atoms with Gasteiger partial charge in [0.05, 0.1) is 44.8 Å². The molecule has 6 heteroatoms. The fourth-order valence-electron chi connectivity index (χ4n) is 7.43. The number of aryl methyl sites for hydroxylation is 5. The third-order valence-corrected chi connectivity index (χ3v) is 10.8. The standard InChI is InChI=1S/C17H22N2.C17H18N2.2C5H10.2CH4.4CH3.2Fe/c2*1-12-13(2)19-17-11-15(9-10-16(17)18-12)8-7-14-5-3-4-6-14;2*1-2-4-5-3-1;;;;;;;;/h9-11,14H,3-8H2,1-2H3;9-11,14H,3-6H2,1-2H3;2*1-5H2;2*1H4;4*1H3;;/q;;;;;;4*-1;2*+2. The van der Waals surface area contributed by atoms with E-state index in [0.717, 1.165) is 56.3 Å². The molecule has 56 heavy (non-hydrogen) atoms. The zero-order chi connectivity index (χ0) is 33.6. The van der Waals surface area contributed by atoms with E-state index in [2.05, 4.69) is 56.0 Å². The summed E-state index contributed by atoms with van der Waals surface area (Å²) in [5.41, 5.74) is 10.5. The van der Waals surface area contributed by atoms with Crippen molar-refractivity contribution in [2.45, 2.75) is 171 Å². The summed E-state index contributed by atoms with van der Waals surface area (Å²) in [5.74, 6) is 8.24. The predicted octanol–water partition coefficient (Wildman–Crippen LogP) is 15.1. The maximum absolute atomic E-state index is 4.65. The third kappa shape index (κ3) is 19.9. The molecule has 2 aromatic heterocycles. The van der Waals surface area contributed by atoms with Gasteiger partial charge >= 0.3 is 34.1 Å². The van der Waals surface area contributed by atoms with Gasteiger partial charge in [-0.2, -0.15) is 0 Å². The van der Waals surface area contributed by atoms with E-state index >= 15 is 0 Å². The Bertz CT molecular complexity index is 1630. The first-order valence-electron chi connectivity index (χ1n) is 19.4. The van der Waals surface area contributed by atoms with Gasteiger partial charge < -0.3 is 29.7 Å². The average Bonchev–Trinajstić information content (AvgIpc) is 3.95. The molecule has 0 amide bonds. The zero-order valence-corrected chi connectivity index (χ0v) is 37.5. The van der Waals surface area contributed by atoms with Gasteiger partial charge in [0.1, 0.15) is 0 Å². The van der Waals surface area contributed by atoms with Crippen LogP contribution in [0.2, 0.25) is 0 Å². The van der Waals surface area contributed by atoms with Crippen LogP contribution in [0.5, 0.6) is 0 Å². The molecule has 4 aliphatic rings. The largest absolute Gasteiger partial charge is 2.00 e. The molecule has 0 bridgehead atoms. The van der Waals surface area contributed by atoms with Gasteiger partial charge in [-0.1, -0.05) is 135 Å². The van der Waals surface area contributed by atoms with E-state index < -0.39 is 0 Å². The molecule has 4 nitrogen and oxygen atoms in total. The van der Waals surface area contributed by atoms with E-state index in [1.807, 2.05) is 39.8 Å². The normalized spacial score (nSPS) is 15.1. The van der Waals surface area contributed by atoms with Crippen LogP contribution in [0.15, 0.2) is 36.4 Å². The summed E-state index contributed by atoms with van der Waals surface area (Å²) in [6.07, 6.45) is 28.5. The summed E-state index contributed by atoms with van der Waals surface area (Å²) >= 11 is 0. The number of aromatic nitrogens is 4. The van der Waals surface area contributed by atoms with Crippen molar-refractivity contribution in [3.05, 3.63) is 100 Å². The second-order valence-electron chi connectivity index (χ2n) is 14.8. The molecule has 4 aliphatic carbocycles. The van der Waals surface area contributed by atoms with Gasteiger partial charge in [0.15, 0.2) is 0 Å². The number of benzene rings is 2. The van der Waals surface area contributed by atoms with E-state index in [9.17, 15) is 0 Å². The minimum absolute atomic E-state index is 0. The van der Waals surface area contributed by atoms with Gasteiger partial charge in [0.2, 0.25) is 0 Å². The van der Waals surface area contributed by atoms with Crippen LogP contribution in [0.25, 0.3) is 22.1 Å². The molecule has 0 radical (unpaired) electrons. The van der Waals surface area contributed by atoms with Crippen molar-refractivity contribution in [1.29, 1.82) is 0 Å². The summed E-state index contributed by atoms with van der Waals surface area (Å²) in [6, 6.07) is 12.7. The Morgan fingerprint density at radius 1 is 0.482 bits per heavy atom. The van der Waals surface area contributed by atoms with Gasteiger partial charge in [0, 0.05) is 11.5 Å². The molecule has 2 aromatic carbocycles. The first-order valence-corrected chi connectivity index (χ1v) is 19.4. The SMILES string of the molecule is C.C.C1CCCC1.C1CCCC1.Cc1nc2ccc(C#CC3CCCC3)cc2nc1C.Cc1nc2ccc(CCC3CCCC3)cc2nc1C.[CH3-].[CH3-].[CH3-].[CH3-].[Fe+2].[Fe+2]. The van der Waals surface area contributed by atoms with Crippen LogP contribution in [0.3, 0.4) is 0 Å². The van der Waals surface area contributed by atoms with E-state index in [0.29, 0.717) is 5.92 Å². The summed E-state index contributed by atoms with van der Waals surface area (Å²) < 4.78 is 0. The number of nitrogens with zero attached hydrogens (tertiary/aromatic N) is 4. The summed E-state index contributed by atoms with van der Waals surface area (Å²) in [4.78, 5) is 18.4. The fraction of sp³-hybridized carbons (Fsp3) is 0.560. The van der Waals surface area contributed by atoms with Crippen molar-refractivity contribution in [1.82, 2.24) is 19.9 Å². The van der Waals surface area contributed by atoms with Crippen LogP contribution in [0, 0.1) is 81.1 Å². The van der Waals surface area contributed by atoms with E-state index in [4.69, 9.17) is 0 Å². The van der Waals surface area contributed by atoms with Crippen LogP contribution >= 0.6 is 0 Å². The third-order valence-electron chi connectivity index (χ3n) is 10.8. The maximum atomic E-state index is 4.65. The minimum Gasteiger partial charge on any atom is -0.358 e. The van der Waals surface area contributed by atoms with E-state index in [-0.39, 0.29) is 78.7 Å². The van der Waals surface area contributed by atoms with Crippen LogP contribution in [-0.2, 0) is 40.6 Å². The molecular formula is C50H80Fe2N4. The Morgan fingerprint density at radius 3 is 1.30 bits per heavy atom. The van der Waals surface area contributed by atoms with Gasteiger partial charge in [-0.25, -0.2) is 19.9 Å². The fourth-order valence-corrected chi connectivity index (χ4v) is 7.43. The van der Waals surface area contributed by atoms with Crippen LogP contribution in [0.1, 0.15) is 171 Å². The summed E-state index contributed by atoms with van der Waals surface area (Å²) in [7, 11) is 0. The van der Waals surface area contributed by atoms with E-state index in [1.54, 1.807) is 0 Å². The van der Waals surface area contributed by atoms with Crippen LogP contribution in [-0.4, -0.2) is 19.9 Å². The monoisotopic (exact) mass is 849 g/mol. The van der Waals surface area contributed by atoms with Crippen molar-refractivity contribution in [3.8, 4) is 11.8 Å². The molecule has 4 fully saturated rings.